The van der Waals surface area contributed by atoms with Crippen molar-refractivity contribution >= 4 is 5.82 Å². The maximum Gasteiger partial charge on any atom is 0.131 e. The van der Waals surface area contributed by atoms with E-state index >= 15 is 0 Å². The van der Waals surface area contributed by atoms with E-state index in [9.17, 15) is 0 Å². The zero-order valence-electron chi connectivity index (χ0n) is 13.0. The summed E-state index contributed by atoms with van der Waals surface area (Å²) >= 11 is 0. The highest BCUT2D eigenvalue weighted by Gasteiger charge is 2.17. The predicted octanol–water partition coefficient (Wildman–Crippen LogP) is 4.36. The third-order valence-electron chi connectivity index (χ3n) is 3.58. The second-order valence-electron chi connectivity index (χ2n) is 5.73. The molecule has 0 aliphatic heterocycles. The van der Waals surface area contributed by atoms with Gasteiger partial charge in [0.25, 0.3) is 0 Å². The van der Waals surface area contributed by atoms with E-state index in [0.29, 0.717) is 5.92 Å². The van der Waals surface area contributed by atoms with E-state index in [1.165, 1.54) is 5.56 Å². The summed E-state index contributed by atoms with van der Waals surface area (Å²) in [6, 6.07) is 8.38. The van der Waals surface area contributed by atoms with Crippen molar-refractivity contribution in [1.29, 1.82) is 0 Å². The highest BCUT2D eigenvalue weighted by Crippen LogP contribution is 2.30. The molecule has 2 N–H and O–H groups in total. The molecule has 0 atom stereocenters. The average Bonchev–Trinajstić information content (AvgIpc) is 2.74. The van der Waals surface area contributed by atoms with Gasteiger partial charge < -0.3 is 10.3 Å². The fraction of sp³-hybridized carbons (Fsp3) is 0.471. The molecule has 1 heterocycles. The molecule has 3 nitrogen and oxygen atoms in total. The number of benzene rings is 1. The van der Waals surface area contributed by atoms with Crippen LogP contribution >= 0.6 is 0 Å². The van der Waals surface area contributed by atoms with E-state index in [1.807, 2.05) is 0 Å². The van der Waals surface area contributed by atoms with Crippen molar-refractivity contribution in [3.8, 4) is 11.3 Å². The maximum atomic E-state index is 6.37. The van der Waals surface area contributed by atoms with Gasteiger partial charge >= 0.3 is 0 Å². The number of aryl methyl sites for hydroxylation is 1. The van der Waals surface area contributed by atoms with Crippen molar-refractivity contribution in [1.82, 2.24) is 9.55 Å². The van der Waals surface area contributed by atoms with Crippen LogP contribution in [0, 0.1) is 6.92 Å². The van der Waals surface area contributed by atoms with Crippen LogP contribution in [-0.4, -0.2) is 9.55 Å². The first kappa shape index (κ1) is 14.6. The van der Waals surface area contributed by atoms with E-state index in [1.54, 1.807) is 0 Å². The lowest BCUT2D eigenvalue weighted by molar-refractivity contribution is 0.588. The number of anilines is 1. The Bertz CT molecular complexity index is 582. The summed E-state index contributed by atoms with van der Waals surface area (Å²) in [7, 11) is 0. The monoisotopic (exact) mass is 271 g/mol. The van der Waals surface area contributed by atoms with Crippen LogP contribution in [0.1, 0.15) is 50.9 Å². The van der Waals surface area contributed by atoms with Crippen LogP contribution in [0.3, 0.4) is 0 Å². The first-order valence-electron chi connectivity index (χ1n) is 7.47. The van der Waals surface area contributed by atoms with Crippen LogP contribution in [0.4, 0.5) is 5.82 Å². The standard InChI is InChI=1S/C17H25N3/c1-5-6-10-20-16(18)15(19-17(20)12(2)3)14-9-7-8-13(4)11-14/h7-9,11-12H,5-6,10,18H2,1-4H3. The molecule has 0 aliphatic carbocycles. The van der Waals surface area contributed by atoms with E-state index in [4.69, 9.17) is 10.7 Å². The van der Waals surface area contributed by atoms with Crippen LogP contribution in [-0.2, 0) is 6.54 Å². The molecule has 0 unspecified atom stereocenters. The number of imidazole rings is 1. The summed E-state index contributed by atoms with van der Waals surface area (Å²) in [4.78, 5) is 4.81. The molecule has 1 aromatic carbocycles. The molecule has 0 saturated carbocycles. The summed E-state index contributed by atoms with van der Waals surface area (Å²) in [5.74, 6) is 2.27. The molecule has 0 amide bonds. The lowest BCUT2D eigenvalue weighted by Gasteiger charge is -2.11. The second-order valence-corrected chi connectivity index (χ2v) is 5.73. The van der Waals surface area contributed by atoms with Gasteiger partial charge in [-0.2, -0.15) is 0 Å². The maximum absolute atomic E-state index is 6.37. The van der Waals surface area contributed by atoms with Crippen molar-refractivity contribution in [2.45, 2.75) is 53.0 Å². The average molecular weight is 271 g/mol. The predicted molar refractivity (Wildman–Crippen MR) is 85.8 cm³/mol. The van der Waals surface area contributed by atoms with E-state index in [0.717, 1.165) is 42.3 Å². The van der Waals surface area contributed by atoms with Crippen LogP contribution < -0.4 is 5.73 Å². The zero-order chi connectivity index (χ0) is 14.7. The lowest BCUT2D eigenvalue weighted by atomic mass is 10.1. The van der Waals surface area contributed by atoms with Crippen LogP contribution in [0.15, 0.2) is 24.3 Å². The Kier molecular flexibility index (Phi) is 4.48. The van der Waals surface area contributed by atoms with Gasteiger partial charge in [-0.3, -0.25) is 0 Å². The number of rotatable bonds is 5. The quantitative estimate of drug-likeness (QED) is 0.877. The Labute approximate surface area is 121 Å². The van der Waals surface area contributed by atoms with Crippen molar-refractivity contribution in [2.75, 3.05) is 5.73 Å². The number of hydrogen-bond donors (Lipinski definition) is 1. The minimum Gasteiger partial charge on any atom is -0.383 e. The Morgan fingerprint density at radius 1 is 1.30 bits per heavy atom. The van der Waals surface area contributed by atoms with Crippen molar-refractivity contribution in [3.63, 3.8) is 0 Å². The molecule has 0 spiro atoms. The fourth-order valence-electron chi connectivity index (χ4n) is 2.48. The first-order chi connectivity index (χ1) is 9.54. The molecule has 0 radical (unpaired) electrons. The Balaban J connectivity index is 2.49. The van der Waals surface area contributed by atoms with Gasteiger partial charge in [0.05, 0.1) is 0 Å². The molecule has 1 aromatic heterocycles. The Morgan fingerprint density at radius 3 is 2.65 bits per heavy atom. The molecule has 0 fully saturated rings. The first-order valence-corrected chi connectivity index (χ1v) is 7.47. The third-order valence-corrected chi connectivity index (χ3v) is 3.58. The van der Waals surface area contributed by atoms with Gasteiger partial charge in [0.2, 0.25) is 0 Å². The van der Waals surface area contributed by atoms with E-state index in [2.05, 4.69) is 56.5 Å². The summed E-state index contributed by atoms with van der Waals surface area (Å²) in [5, 5.41) is 0. The molecule has 20 heavy (non-hydrogen) atoms. The van der Waals surface area contributed by atoms with Crippen molar-refractivity contribution < 1.29 is 0 Å². The topological polar surface area (TPSA) is 43.8 Å². The van der Waals surface area contributed by atoms with Crippen molar-refractivity contribution in [2.24, 2.45) is 0 Å². The van der Waals surface area contributed by atoms with Crippen molar-refractivity contribution in [3.05, 3.63) is 35.7 Å². The third kappa shape index (κ3) is 2.87. The van der Waals surface area contributed by atoms with Gasteiger partial charge in [-0.05, 0) is 19.4 Å². The largest absolute Gasteiger partial charge is 0.383 e. The molecule has 0 saturated heterocycles. The van der Waals surface area contributed by atoms with E-state index < -0.39 is 0 Å². The molecule has 3 heteroatoms. The highest BCUT2D eigenvalue weighted by molar-refractivity contribution is 5.71. The zero-order valence-corrected chi connectivity index (χ0v) is 13.0. The van der Waals surface area contributed by atoms with Gasteiger partial charge in [-0.25, -0.2) is 4.98 Å². The number of nitrogen functional groups attached to an aromatic ring is 1. The Hall–Kier alpha value is -1.77. The molecule has 0 aliphatic rings. The van der Waals surface area contributed by atoms with Gasteiger partial charge in [0.1, 0.15) is 17.3 Å². The minimum atomic E-state index is 0.382. The smallest absolute Gasteiger partial charge is 0.131 e. The number of aromatic nitrogens is 2. The van der Waals surface area contributed by atoms with Crippen LogP contribution in [0.5, 0.6) is 0 Å². The summed E-state index contributed by atoms with van der Waals surface area (Å²) < 4.78 is 2.19. The van der Waals surface area contributed by atoms with Gasteiger partial charge in [0, 0.05) is 18.0 Å². The molecular weight excluding hydrogens is 246 g/mol. The van der Waals surface area contributed by atoms with Gasteiger partial charge in [0.15, 0.2) is 0 Å². The normalized spacial score (nSPS) is 11.2. The molecule has 108 valence electrons. The second kappa shape index (κ2) is 6.12. The minimum absolute atomic E-state index is 0.382. The van der Waals surface area contributed by atoms with Crippen LogP contribution in [0.2, 0.25) is 0 Å². The molecule has 2 aromatic rings. The summed E-state index contributed by atoms with van der Waals surface area (Å²) in [5.41, 5.74) is 9.63. The number of hydrogen-bond acceptors (Lipinski definition) is 2. The number of nitrogens with zero attached hydrogens (tertiary/aromatic N) is 2. The lowest BCUT2D eigenvalue weighted by Crippen LogP contribution is -2.08. The van der Waals surface area contributed by atoms with Gasteiger partial charge in [-0.15, -0.1) is 0 Å². The van der Waals surface area contributed by atoms with Crippen LogP contribution in [0.25, 0.3) is 11.3 Å². The molecular formula is C17H25N3. The molecule has 2 rings (SSSR count). The molecule has 0 bridgehead atoms. The summed E-state index contributed by atoms with van der Waals surface area (Å²) in [6.07, 6.45) is 2.29. The Morgan fingerprint density at radius 2 is 2.05 bits per heavy atom. The highest BCUT2D eigenvalue weighted by atomic mass is 15.1. The fourth-order valence-corrected chi connectivity index (χ4v) is 2.48. The number of unbranched alkanes of at least 4 members (excludes halogenated alkanes) is 1. The SMILES string of the molecule is CCCCn1c(C(C)C)nc(-c2cccc(C)c2)c1N. The number of nitrogens with two attached hydrogens (primary N) is 1. The van der Waals surface area contributed by atoms with E-state index in [-0.39, 0.29) is 0 Å². The van der Waals surface area contributed by atoms with Gasteiger partial charge in [-0.1, -0.05) is 51.0 Å². The summed E-state index contributed by atoms with van der Waals surface area (Å²) in [6.45, 7) is 9.59.